The van der Waals surface area contributed by atoms with Gasteiger partial charge in [0.25, 0.3) is 0 Å². The molecule has 0 amide bonds. The first kappa shape index (κ1) is 14.9. The topological polar surface area (TPSA) is 60.9 Å². The molecular formula is C14H8ClF3N6. The summed E-state index contributed by atoms with van der Waals surface area (Å²) in [5, 5.41) is 8.26. The van der Waals surface area contributed by atoms with Gasteiger partial charge >= 0.3 is 6.18 Å². The average Bonchev–Trinajstić information content (AvgIpc) is 3.12. The molecule has 0 saturated carbocycles. The molecular weight excluding hydrogens is 345 g/mol. The van der Waals surface area contributed by atoms with Crippen LogP contribution >= 0.6 is 11.6 Å². The molecule has 0 fully saturated rings. The lowest BCUT2D eigenvalue weighted by molar-refractivity contribution is -0.136. The second-order valence-electron chi connectivity index (χ2n) is 5.15. The van der Waals surface area contributed by atoms with Crippen LogP contribution in [0.4, 0.5) is 13.2 Å². The molecule has 0 spiro atoms. The Bertz CT molecular complexity index is 1080. The molecule has 0 N–H and O–H groups in total. The van der Waals surface area contributed by atoms with Crippen LogP contribution in [0.2, 0.25) is 5.28 Å². The molecule has 24 heavy (non-hydrogen) atoms. The summed E-state index contributed by atoms with van der Waals surface area (Å²) >= 11 is 6.03. The normalized spacial score (nSPS) is 12.4. The first-order valence-corrected chi connectivity index (χ1v) is 7.13. The maximum atomic E-state index is 13.2. The second-order valence-corrected chi connectivity index (χ2v) is 5.49. The van der Waals surface area contributed by atoms with Gasteiger partial charge in [0.1, 0.15) is 0 Å². The molecule has 122 valence electrons. The smallest absolute Gasteiger partial charge is 0.275 e. The van der Waals surface area contributed by atoms with E-state index in [0.29, 0.717) is 11.4 Å². The average molecular weight is 353 g/mol. The lowest BCUT2D eigenvalue weighted by Gasteiger charge is -2.10. The first-order valence-electron chi connectivity index (χ1n) is 6.76. The number of rotatable bonds is 1. The van der Waals surface area contributed by atoms with E-state index in [0.717, 1.165) is 6.07 Å². The van der Waals surface area contributed by atoms with E-state index in [1.54, 1.807) is 24.1 Å². The molecule has 4 rings (SSSR count). The van der Waals surface area contributed by atoms with Gasteiger partial charge in [0.05, 0.1) is 22.8 Å². The van der Waals surface area contributed by atoms with Crippen LogP contribution in [0, 0.1) is 0 Å². The largest absolute Gasteiger partial charge is 0.418 e. The minimum absolute atomic E-state index is 0.197. The molecule has 0 radical (unpaired) electrons. The summed E-state index contributed by atoms with van der Waals surface area (Å²) in [6, 6.07) is 3.77. The fraction of sp³-hybridized carbons (Fsp3) is 0.143. The Morgan fingerprint density at radius 3 is 2.62 bits per heavy atom. The van der Waals surface area contributed by atoms with Crippen LogP contribution in [0.3, 0.4) is 0 Å². The van der Waals surface area contributed by atoms with E-state index in [1.165, 1.54) is 16.6 Å². The number of alkyl halides is 3. The zero-order chi connectivity index (χ0) is 17.1. The minimum Gasteiger partial charge on any atom is -0.275 e. The zero-order valence-electron chi connectivity index (χ0n) is 12.1. The molecule has 0 aliphatic carbocycles. The second kappa shape index (κ2) is 4.91. The Morgan fingerprint density at radius 1 is 1.17 bits per heavy atom. The van der Waals surface area contributed by atoms with Gasteiger partial charge in [-0.25, -0.2) is 9.97 Å². The number of nitrogens with zero attached hydrogens (tertiary/aromatic N) is 6. The van der Waals surface area contributed by atoms with Gasteiger partial charge in [-0.2, -0.15) is 22.8 Å². The van der Waals surface area contributed by atoms with Gasteiger partial charge in [-0.3, -0.25) is 4.68 Å². The van der Waals surface area contributed by atoms with Crippen LogP contribution in [0.25, 0.3) is 27.9 Å². The van der Waals surface area contributed by atoms with Gasteiger partial charge in [0.15, 0.2) is 11.5 Å². The quantitative estimate of drug-likeness (QED) is 0.493. The van der Waals surface area contributed by atoms with Gasteiger partial charge < -0.3 is 0 Å². The maximum Gasteiger partial charge on any atom is 0.418 e. The molecule has 0 saturated heterocycles. The molecule has 1 aromatic carbocycles. The van der Waals surface area contributed by atoms with Crippen LogP contribution < -0.4 is 0 Å². The number of hydrogen-bond acceptors (Lipinski definition) is 4. The van der Waals surface area contributed by atoms with Crippen molar-refractivity contribution in [2.75, 3.05) is 0 Å². The number of para-hydroxylation sites is 1. The number of fused-ring (bicyclic) bond motifs is 3. The van der Waals surface area contributed by atoms with Gasteiger partial charge in [0.2, 0.25) is 5.28 Å². The maximum absolute atomic E-state index is 13.2. The number of hydrogen-bond donors (Lipinski definition) is 0. The molecule has 3 aromatic heterocycles. The third-order valence-corrected chi connectivity index (χ3v) is 3.78. The van der Waals surface area contributed by atoms with Gasteiger partial charge in [-0.15, -0.1) is 5.10 Å². The van der Waals surface area contributed by atoms with E-state index in [9.17, 15) is 13.2 Å². The number of halogens is 4. The predicted octanol–water partition coefficient (Wildman–Crippen LogP) is 3.35. The Hall–Kier alpha value is -2.68. The van der Waals surface area contributed by atoms with E-state index >= 15 is 0 Å². The highest BCUT2D eigenvalue weighted by atomic mass is 35.5. The molecule has 10 heteroatoms. The van der Waals surface area contributed by atoms with Crippen molar-refractivity contribution in [3.63, 3.8) is 0 Å². The highest BCUT2D eigenvalue weighted by Gasteiger charge is 2.34. The standard InChI is InChI=1S/C14H8ClF3N6/c1-23-6-7(5-19-23)11-21-12-8-3-2-4-9(14(16,17)18)10(8)20-13(15)24(12)22-11/h2-6H,1H3. The highest BCUT2D eigenvalue weighted by molar-refractivity contribution is 6.29. The molecule has 0 aliphatic rings. The zero-order valence-corrected chi connectivity index (χ0v) is 12.8. The SMILES string of the molecule is Cn1cc(-c2nc3c4cccc(C(F)(F)F)c4nc(Cl)n3n2)cn1. The van der Waals surface area contributed by atoms with Gasteiger partial charge in [-0.1, -0.05) is 6.07 Å². The van der Waals surface area contributed by atoms with Crippen molar-refractivity contribution in [2.45, 2.75) is 6.18 Å². The third kappa shape index (κ3) is 2.20. The third-order valence-electron chi connectivity index (χ3n) is 3.53. The number of aromatic nitrogens is 6. The van der Waals surface area contributed by atoms with Crippen molar-refractivity contribution in [1.29, 1.82) is 0 Å². The van der Waals surface area contributed by atoms with Crippen molar-refractivity contribution in [1.82, 2.24) is 29.4 Å². The van der Waals surface area contributed by atoms with Crippen LogP contribution in [-0.2, 0) is 13.2 Å². The lowest BCUT2D eigenvalue weighted by atomic mass is 10.1. The molecule has 0 unspecified atom stereocenters. The van der Waals surface area contributed by atoms with E-state index in [4.69, 9.17) is 11.6 Å². The molecule has 0 bridgehead atoms. The summed E-state index contributed by atoms with van der Waals surface area (Å²) in [4.78, 5) is 8.18. The molecule has 3 heterocycles. The highest BCUT2D eigenvalue weighted by Crippen LogP contribution is 2.35. The molecule has 6 nitrogen and oxygen atoms in total. The fourth-order valence-corrected chi connectivity index (χ4v) is 2.69. The van der Waals surface area contributed by atoms with Crippen molar-refractivity contribution < 1.29 is 13.2 Å². The summed E-state index contributed by atoms with van der Waals surface area (Å²) in [6.45, 7) is 0. The summed E-state index contributed by atoms with van der Waals surface area (Å²) < 4.78 is 42.3. The van der Waals surface area contributed by atoms with E-state index in [2.05, 4.69) is 20.2 Å². The van der Waals surface area contributed by atoms with Crippen LogP contribution in [0.15, 0.2) is 30.6 Å². The fourth-order valence-electron chi connectivity index (χ4n) is 2.49. The van der Waals surface area contributed by atoms with Crippen LogP contribution in [0.5, 0.6) is 0 Å². The van der Waals surface area contributed by atoms with Gasteiger partial charge in [-0.05, 0) is 23.7 Å². The van der Waals surface area contributed by atoms with Crippen molar-refractivity contribution in [3.8, 4) is 11.4 Å². The first-order chi connectivity index (χ1) is 11.3. The Kier molecular flexibility index (Phi) is 3.04. The Labute approximate surface area is 137 Å². The van der Waals surface area contributed by atoms with E-state index in [1.807, 2.05) is 0 Å². The number of benzene rings is 1. The van der Waals surface area contributed by atoms with Crippen LogP contribution in [0.1, 0.15) is 5.56 Å². The van der Waals surface area contributed by atoms with Crippen molar-refractivity contribution in [3.05, 3.63) is 41.4 Å². The van der Waals surface area contributed by atoms with Crippen molar-refractivity contribution >= 4 is 28.2 Å². The Morgan fingerprint density at radius 2 is 1.96 bits per heavy atom. The molecule has 4 aromatic rings. The number of aryl methyl sites for hydroxylation is 1. The summed E-state index contributed by atoms with van der Waals surface area (Å²) in [6.07, 6.45) is -1.29. The summed E-state index contributed by atoms with van der Waals surface area (Å²) in [5.41, 5.74) is -0.296. The monoisotopic (exact) mass is 352 g/mol. The summed E-state index contributed by atoms with van der Waals surface area (Å²) in [7, 11) is 1.73. The van der Waals surface area contributed by atoms with E-state index < -0.39 is 11.7 Å². The lowest BCUT2D eigenvalue weighted by Crippen LogP contribution is -2.07. The van der Waals surface area contributed by atoms with E-state index in [-0.39, 0.29) is 21.8 Å². The molecule has 0 aliphatic heterocycles. The van der Waals surface area contributed by atoms with Crippen molar-refractivity contribution in [2.24, 2.45) is 7.05 Å². The Balaban J connectivity index is 2.06. The minimum atomic E-state index is -4.54. The van der Waals surface area contributed by atoms with Gasteiger partial charge in [0, 0.05) is 18.6 Å². The predicted molar refractivity (Wildman–Crippen MR) is 80.5 cm³/mol. The summed E-state index contributed by atoms with van der Waals surface area (Å²) in [5.74, 6) is 0.303. The molecule has 0 atom stereocenters. The van der Waals surface area contributed by atoms with Crippen LogP contribution in [-0.4, -0.2) is 29.4 Å².